The van der Waals surface area contributed by atoms with Gasteiger partial charge in [-0.1, -0.05) is 23.2 Å². The highest BCUT2D eigenvalue weighted by atomic mass is 35.5. The van der Waals surface area contributed by atoms with Gasteiger partial charge in [-0.3, -0.25) is 0 Å². The summed E-state index contributed by atoms with van der Waals surface area (Å²) in [6.45, 7) is 1.02. The second-order valence-electron chi connectivity index (χ2n) is 4.31. The maximum atomic E-state index is 12.2. The van der Waals surface area contributed by atoms with Gasteiger partial charge in [-0.25, -0.2) is 13.1 Å². The van der Waals surface area contributed by atoms with Gasteiger partial charge in [0.1, 0.15) is 4.90 Å². The minimum atomic E-state index is -3.73. The van der Waals surface area contributed by atoms with Gasteiger partial charge < -0.3 is 10.5 Å². The van der Waals surface area contributed by atoms with Crippen LogP contribution in [0.4, 0.5) is 5.69 Å². The number of anilines is 1. The number of halogens is 2. The van der Waals surface area contributed by atoms with E-state index >= 15 is 0 Å². The molecule has 0 saturated carbocycles. The van der Waals surface area contributed by atoms with Crippen LogP contribution >= 0.6 is 23.2 Å². The van der Waals surface area contributed by atoms with E-state index in [2.05, 4.69) is 4.72 Å². The van der Waals surface area contributed by atoms with E-state index in [1.807, 2.05) is 0 Å². The first-order valence-electron chi connectivity index (χ1n) is 5.75. The number of rotatable bonds is 3. The molecule has 0 bridgehead atoms. The van der Waals surface area contributed by atoms with Crippen molar-refractivity contribution in [1.29, 1.82) is 0 Å². The molecule has 0 aliphatic carbocycles. The van der Waals surface area contributed by atoms with Crippen LogP contribution in [-0.4, -0.2) is 27.7 Å². The minimum absolute atomic E-state index is 0.0586. The molecule has 3 N–H and O–H groups in total. The number of ether oxygens (including phenoxy) is 1. The van der Waals surface area contributed by atoms with Crippen LogP contribution in [0.5, 0.6) is 0 Å². The molecule has 106 valence electrons. The molecule has 0 aromatic heterocycles. The second-order valence-corrected chi connectivity index (χ2v) is 6.78. The number of benzene rings is 1. The zero-order valence-corrected chi connectivity index (χ0v) is 12.4. The van der Waals surface area contributed by atoms with Crippen molar-refractivity contribution in [2.45, 2.75) is 23.8 Å². The van der Waals surface area contributed by atoms with E-state index in [-0.39, 0.29) is 26.7 Å². The van der Waals surface area contributed by atoms with Crippen LogP contribution in [0.3, 0.4) is 0 Å². The van der Waals surface area contributed by atoms with Crippen molar-refractivity contribution in [2.24, 2.45) is 0 Å². The summed E-state index contributed by atoms with van der Waals surface area (Å²) in [5.74, 6) is 0. The molecule has 0 radical (unpaired) electrons. The van der Waals surface area contributed by atoms with Crippen LogP contribution in [0.25, 0.3) is 0 Å². The van der Waals surface area contributed by atoms with Gasteiger partial charge in [0.05, 0.1) is 22.3 Å². The molecule has 1 fully saturated rings. The van der Waals surface area contributed by atoms with Gasteiger partial charge in [-0.05, 0) is 25.0 Å². The predicted octanol–water partition coefficient (Wildman–Crippen LogP) is 2.03. The number of nitrogens with two attached hydrogens (primary N) is 1. The number of nitrogen functional groups attached to an aromatic ring is 1. The molecule has 0 spiro atoms. The van der Waals surface area contributed by atoms with Gasteiger partial charge >= 0.3 is 0 Å². The number of sulfonamides is 1. The number of hydrogen-bond acceptors (Lipinski definition) is 4. The molecule has 8 heteroatoms. The number of hydrogen-bond donors (Lipinski definition) is 2. The zero-order chi connectivity index (χ0) is 14.0. The minimum Gasteiger partial charge on any atom is -0.396 e. The SMILES string of the molecule is Nc1c(Cl)ccc(S(=O)(=O)NC2CCCOC2)c1Cl. The zero-order valence-electron chi connectivity index (χ0n) is 10.0. The lowest BCUT2D eigenvalue weighted by atomic mass is 10.1. The maximum absolute atomic E-state index is 12.2. The second kappa shape index (κ2) is 5.85. The normalized spacial score (nSPS) is 20.4. The summed E-state index contributed by atoms with van der Waals surface area (Å²) in [6, 6.07) is 2.51. The smallest absolute Gasteiger partial charge is 0.242 e. The van der Waals surface area contributed by atoms with Gasteiger partial charge in [0.25, 0.3) is 0 Å². The van der Waals surface area contributed by atoms with Crippen molar-refractivity contribution in [3.05, 3.63) is 22.2 Å². The summed E-state index contributed by atoms with van der Waals surface area (Å²) < 4.78 is 32.3. The first kappa shape index (κ1) is 14.9. The van der Waals surface area contributed by atoms with E-state index in [0.29, 0.717) is 13.2 Å². The fourth-order valence-electron chi connectivity index (χ4n) is 1.87. The highest BCUT2D eigenvalue weighted by Gasteiger charge is 2.25. The number of nitrogens with one attached hydrogen (secondary N) is 1. The Morgan fingerprint density at radius 1 is 1.37 bits per heavy atom. The van der Waals surface area contributed by atoms with Crippen LogP contribution < -0.4 is 10.5 Å². The molecule has 1 aromatic rings. The van der Waals surface area contributed by atoms with Gasteiger partial charge in [0.15, 0.2) is 0 Å². The van der Waals surface area contributed by atoms with E-state index < -0.39 is 10.0 Å². The van der Waals surface area contributed by atoms with Crippen LogP contribution in [0.15, 0.2) is 17.0 Å². The van der Waals surface area contributed by atoms with Crippen molar-refractivity contribution in [1.82, 2.24) is 4.72 Å². The molecule has 19 heavy (non-hydrogen) atoms. The van der Waals surface area contributed by atoms with Crippen molar-refractivity contribution in [2.75, 3.05) is 18.9 Å². The lowest BCUT2D eigenvalue weighted by Gasteiger charge is -2.23. The lowest BCUT2D eigenvalue weighted by Crippen LogP contribution is -2.40. The van der Waals surface area contributed by atoms with Crippen molar-refractivity contribution >= 4 is 38.9 Å². The maximum Gasteiger partial charge on any atom is 0.242 e. The van der Waals surface area contributed by atoms with Crippen molar-refractivity contribution in [3.8, 4) is 0 Å². The Morgan fingerprint density at radius 3 is 2.74 bits per heavy atom. The topological polar surface area (TPSA) is 81.4 Å². The van der Waals surface area contributed by atoms with Crippen molar-refractivity contribution in [3.63, 3.8) is 0 Å². The van der Waals surface area contributed by atoms with Gasteiger partial charge in [0, 0.05) is 12.6 Å². The summed E-state index contributed by atoms with van der Waals surface area (Å²) in [6.07, 6.45) is 1.56. The molecule has 1 saturated heterocycles. The summed E-state index contributed by atoms with van der Waals surface area (Å²) in [5, 5.41) is 0.168. The van der Waals surface area contributed by atoms with E-state index in [0.717, 1.165) is 12.8 Å². The van der Waals surface area contributed by atoms with Gasteiger partial charge in [-0.15, -0.1) is 0 Å². The molecule has 1 aromatic carbocycles. The third-order valence-corrected chi connectivity index (χ3v) is 5.27. The Balaban J connectivity index is 2.26. The van der Waals surface area contributed by atoms with E-state index in [1.165, 1.54) is 12.1 Å². The third-order valence-electron chi connectivity index (χ3n) is 2.86. The fraction of sp³-hybridized carbons (Fsp3) is 0.455. The Morgan fingerprint density at radius 2 is 2.11 bits per heavy atom. The highest BCUT2D eigenvalue weighted by molar-refractivity contribution is 7.89. The Labute approximate surface area is 122 Å². The summed E-state index contributed by atoms with van der Waals surface area (Å²) in [4.78, 5) is -0.0679. The molecule has 1 unspecified atom stereocenters. The molecule has 5 nitrogen and oxygen atoms in total. The Bertz CT molecular complexity index is 572. The van der Waals surface area contributed by atoms with E-state index in [9.17, 15) is 8.42 Å². The molecule has 1 aliphatic heterocycles. The molecule has 1 heterocycles. The van der Waals surface area contributed by atoms with Crippen molar-refractivity contribution < 1.29 is 13.2 Å². The lowest BCUT2D eigenvalue weighted by molar-refractivity contribution is 0.0774. The van der Waals surface area contributed by atoms with E-state index in [1.54, 1.807) is 0 Å². The summed E-state index contributed by atoms with van der Waals surface area (Å²) in [5.41, 5.74) is 5.69. The third kappa shape index (κ3) is 3.32. The van der Waals surface area contributed by atoms with Gasteiger partial charge in [0.2, 0.25) is 10.0 Å². The predicted molar refractivity (Wildman–Crippen MR) is 75.0 cm³/mol. The van der Waals surface area contributed by atoms with Crippen LogP contribution in [0, 0.1) is 0 Å². The van der Waals surface area contributed by atoms with E-state index in [4.69, 9.17) is 33.7 Å². The quantitative estimate of drug-likeness (QED) is 0.833. The van der Waals surface area contributed by atoms with Crippen LogP contribution in [0.2, 0.25) is 10.0 Å². The van der Waals surface area contributed by atoms with Gasteiger partial charge in [-0.2, -0.15) is 0 Å². The summed E-state index contributed by atoms with van der Waals surface area (Å²) >= 11 is 11.7. The Kier molecular flexibility index (Phi) is 4.58. The molecular weight excluding hydrogens is 311 g/mol. The van der Waals surface area contributed by atoms with Crippen LogP contribution in [-0.2, 0) is 14.8 Å². The molecule has 0 amide bonds. The molecule has 2 rings (SSSR count). The summed E-state index contributed by atoms with van der Waals surface area (Å²) in [7, 11) is -3.73. The first-order chi connectivity index (χ1) is 8.92. The molecular formula is C11H14Cl2N2O3S. The highest BCUT2D eigenvalue weighted by Crippen LogP contribution is 2.33. The fourth-order valence-corrected chi connectivity index (χ4v) is 3.89. The average Bonchev–Trinajstić information content (AvgIpc) is 2.36. The Hall–Kier alpha value is -0.530. The average molecular weight is 325 g/mol. The monoisotopic (exact) mass is 324 g/mol. The molecule has 1 aliphatic rings. The molecule has 1 atom stereocenters. The first-order valence-corrected chi connectivity index (χ1v) is 7.99. The standard InChI is InChI=1S/C11H14Cl2N2O3S/c12-8-3-4-9(10(13)11(8)14)19(16,17)15-7-2-1-5-18-6-7/h3-4,7,15H,1-2,5-6,14H2. The van der Waals surface area contributed by atoms with Crippen LogP contribution in [0.1, 0.15) is 12.8 Å². The largest absolute Gasteiger partial charge is 0.396 e.